The first-order chi connectivity index (χ1) is 14.1. The van der Waals surface area contributed by atoms with Crippen LogP contribution in [0.4, 0.5) is 5.69 Å². The molecule has 0 saturated carbocycles. The second-order valence-corrected chi connectivity index (χ2v) is 9.35. The summed E-state index contributed by atoms with van der Waals surface area (Å²) in [6.45, 7) is 2.75. The van der Waals surface area contributed by atoms with E-state index in [0.29, 0.717) is 10.0 Å². The van der Waals surface area contributed by atoms with Crippen molar-refractivity contribution in [2.75, 3.05) is 24.5 Å². The molecule has 0 aliphatic carbocycles. The monoisotopic (exact) mass is 462 g/mol. The van der Waals surface area contributed by atoms with E-state index in [1.54, 1.807) is 0 Å². The molecule has 0 radical (unpaired) electrons. The van der Waals surface area contributed by atoms with Crippen LogP contribution in [0.2, 0.25) is 15.1 Å². The predicted molar refractivity (Wildman–Crippen MR) is 127 cm³/mol. The number of nitrogens with zero attached hydrogens (tertiary/aromatic N) is 2. The summed E-state index contributed by atoms with van der Waals surface area (Å²) < 4.78 is 2.45. The Kier molecular flexibility index (Phi) is 6.94. The van der Waals surface area contributed by atoms with Crippen molar-refractivity contribution in [2.24, 2.45) is 0 Å². The van der Waals surface area contributed by atoms with E-state index < -0.39 is 0 Å². The molecule has 0 amide bonds. The highest BCUT2D eigenvalue weighted by Crippen LogP contribution is 2.38. The molecule has 0 aromatic heterocycles. The van der Waals surface area contributed by atoms with Gasteiger partial charge in [0.05, 0.1) is 16.8 Å². The lowest BCUT2D eigenvalue weighted by Crippen LogP contribution is -2.46. The molecule has 2 nitrogen and oxygen atoms in total. The molecule has 1 aliphatic heterocycles. The zero-order chi connectivity index (χ0) is 20.2. The van der Waals surface area contributed by atoms with E-state index in [-0.39, 0.29) is 6.04 Å². The third kappa shape index (κ3) is 5.22. The normalized spacial score (nSPS) is 17.5. The first-order valence-corrected chi connectivity index (χ1v) is 11.6. The lowest BCUT2D eigenvalue weighted by Gasteiger charge is -2.43. The van der Waals surface area contributed by atoms with Crippen LogP contribution in [0.3, 0.4) is 0 Å². The van der Waals surface area contributed by atoms with Gasteiger partial charge in [-0.25, -0.2) is 4.31 Å². The summed E-state index contributed by atoms with van der Waals surface area (Å²) in [6, 6.07) is 24.6. The molecule has 1 heterocycles. The Balaban J connectivity index is 1.56. The third-order valence-corrected chi connectivity index (χ3v) is 7.02. The fraction of sp³-hybridized carbons (Fsp3) is 0.217. The maximum Gasteiger partial charge on any atom is 0.0680 e. The molecule has 150 valence electrons. The summed E-state index contributed by atoms with van der Waals surface area (Å²) in [5.41, 5.74) is 3.58. The van der Waals surface area contributed by atoms with E-state index in [4.69, 9.17) is 34.8 Å². The molecule has 3 aromatic rings. The average Bonchev–Trinajstić information content (AvgIpc) is 2.74. The van der Waals surface area contributed by atoms with Crippen LogP contribution in [0, 0.1) is 0 Å². The zero-order valence-electron chi connectivity index (χ0n) is 15.8. The van der Waals surface area contributed by atoms with E-state index in [1.807, 2.05) is 42.3 Å². The smallest absolute Gasteiger partial charge is 0.0680 e. The predicted octanol–water partition coefficient (Wildman–Crippen LogP) is 7.36. The quantitative estimate of drug-likeness (QED) is 0.365. The van der Waals surface area contributed by atoms with Crippen LogP contribution in [-0.4, -0.2) is 23.9 Å². The van der Waals surface area contributed by atoms with Crippen LogP contribution in [-0.2, 0) is 5.75 Å². The molecule has 1 atom stereocenters. The molecule has 4 rings (SSSR count). The van der Waals surface area contributed by atoms with Crippen molar-refractivity contribution in [3.05, 3.63) is 99.0 Å². The zero-order valence-corrected chi connectivity index (χ0v) is 18.9. The lowest BCUT2D eigenvalue weighted by atomic mass is 10.0. The molecule has 0 bridgehead atoms. The average molecular weight is 464 g/mol. The van der Waals surface area contributed by atoms with Crippen molar-refractivity contribution >= 4 is 52.4 Å². The number of hydrogen-bond donors (Lipinski definition) is 0. The standard InChI is InChI=1S/C23H21Cl3N2S/c24-19-8-6-18(7-9-19)23-15-27(29-16-17-4-2-1-3-5-17)12-13-28(23)22-11-10-20(25)14-21(22)26/h1-11,14,23H,12-13,15-16H2. The molecule has 0 N–H and O–H groups in total. The first kappa shape index (κ1) is 20.9. The van der Waals surface area contributed by atoms with Gasteiger partial charge < -0.3 is 4.90 Å². The molecule has 1 saturated heterocycles. The highest BCUT2D eigenvalue weighted by atomic mass is 35.5. The summed E-state index contributed by atoms with van der Waals surface area (Å²) in [5, 5.41) is 2.08. The summed E-state index contributed by atoms with van der Waals surface area (Å²) in [4.78, 5) is 2.38. The van der Waals surface area contributed by atoms with Gasteiger partial charge in [0.15, 0.2) is 0 Å². The largest absolute Gasteiger partial charge is 0.361 e. The van der Waals surface area contributed by atoms with E-state index in [2.05, 4.69) is 51.7 Å². The topological polar surface area (TPSA) is 6.48 Å². The van der Waals surface area contributed by atoms with Gasteiger partial charge in [-0.3, -0.25) is 0 Å². The Labute approximate surface area is 191 Å². The second kappa shape index (κ2) is 9.63. The molecule has 0 spiro atoms. The Bertz CT molecular complexity index is 950. The van der Waals surface area contributed by atoms with Gasteiger partial charge in [-0.1, -0.05) is 89.2 Å². The minimum absolute atomic E-state index is 0.183. The Morgan fingerprint density at radius 1 is 0.828 bits per heavy atom. The molecule has 6 heteroatoms. The minimum Gasteiger partial charge on any atom is -0.361 e. The molecule has 1 fully saturated rings. The van der Waals surface area contributed by atoms with E-state index in [1.165, 1.54) is 11.1 Å². The second-order valence-electron chi connectivity index (χ2n) is 7.00. The number of halogens is 3. The number of benzene rings is 3. The summed E-state index contributed by atoms with van der Waals surface area (Å²) >= 11 is 20.7. The SMILES string of the molecule is Clc1ccc(C2CN(SCc3ccccc3)CCN2c2ccc(Cl)cc2Cl)cc1. The third-order valence-electron chi connectivity index (χ3n) is 5.07. The minimum atomic E-state index is 0.183. The Hall–Kier alpha value is -1.36. The first-order valence-electron chi connectivity index (χ1n) is 9.49. The number of piperazine rings is 1. The van der Waals surface area contributed by atoms with Crippen molar-refractivity contribution in [2.45, 2.75) is 11.8 Å². The molecular weight excluding hydrogens is 443 g/mol. The van der Waals surface area contributed by atoms with Crippen LogP contribution in [0.5, 0.6) is 0 Å². The van der Waals surface area contributed by atoms with E-state index in [0.717, 1.165) is 36.1 Å². The maximum atomic E-state index is 6.55. The van der Waals surface area contributed by atoms with Crippen LogP contribution in [0.1, 0.15) is 17.2 Å². The van der Waals surface area contributed by atoms with Gasteiger partial charge in [0, 0.05) is 35.4 Å². The van der Waals surface area contributed by atoms with Gasteiger partial charge in [-0.2, -0.15) is 0 Å². The fourth-order valence-corrected chi connectivity index (χ4v) is 5.21. The van der Waals surface area contributed by atoms with Gasteiger partial charge in [-0.05, 0) is 41.5 Å². The Morgan fingerprint density at radius 3 is 2.28 bits per heavy atom. The molecule has 1 unspecified atom stereocenters. The van der Waals surface area contributed by atoms with Crippen LogP contribution < -0.4 is 4.90 Å². The van der Waals surface area contributed by atoms with Gasteiger partial charge in [0.2, 0.25) is 0 Å². The van der Waals surface area contributed by atoms with Crippen molar-refractivity contribution < 1.29 is 0 Å². The molecule has 29 heavy (non-hydrogen) atoms. The number of hydrogen-bond acceptors (Lipinski definition) is 3. The van der Waals surface area contributed by atoms with Crippen LogP contribution >= 0.6 is 46.8 Å². The molecule has 1 aliphatic rings. The maximum absolute atomic E-state index is 6.55. The van der Waals surface area contributed by atoms with Gasteiger partial charge in [0.25, 0.3) is 0 Å². The number of rotatable bonds is 5. The summed E-state index contributed by atoms with van der Waals surface area (Å²) in [5.74, 6) is 0.968. The van der Waals surface area contributed by atoms with E-state index >= 15 is 0 Å². The molecular formula is C23H21Cl3N2S. The summed E-state index contributed by atoms with van der Waals surface area (Å²) in [6.07, 6.45) is 0. The van der Waals surface area contributed by atoms with Crippen molar-refractivity contribution in [1.82, 2.24) is 4.31 Å². The fourth-order valence-electron chi connectivity index (χ4n) is 3.59. The van der Waals surface area contributed by atoms with Gasteiger partial charge >= 0.3 is 0 Å². The molecule has 3 aromatic carbocycles. The van der Waals surface area contributed by atoms with Crippen molar-refractivity contribution in [3.8, 4) is 0 Å². The lowest BCUT2D eigenvalue weighted by molar-refractivity contribution is 0.365. The van der Waals surface area contributed by atoms with Crippen molar-refractivity contribution in [3.63, 3.8) is 0 Å². The van der Waals surface area contributed by atoms with Crippen molar-refractivity contribution in [1.29, 1.82) is 0 Å². The van der Waals surface area contributed by atoms with Gasteiger partial charge in [0.1, 0.15) is 0 Å². The number of anilines is 1. The van der Waals surface area contributed by atoms with Crippen LogP contribution in [0.15, 0.2) is 72.8 Å². The van der Waals surface area contributed by atoms with E-state index in [9.17, 15) is 0 Å². The van der Waals surface area contributed by atoms with Gasteiger partial charge in [-0.15, -0.1) is 0 Å². The highest BCUT2D eigenvalue weighted by Gasteiger charge is 2.30. The summed E-state index contributed by atoms with van der Waals surface area (Å²) in [7, 11) is 0. The Morgan fingerprint density at radius 2 is 1.55 bits per heavy atom. The highest BCUT2D eigenvalue weighted by molar-refractivity contribution is 7.96. The van der Waals surface area contributed by atoms with Crippen LogP contribution in [0.25, 0.3) is 0 Å².